The number of halogens is 1. The average molecular weight is 439 g/mol. The number of carbonyl (C=O) groups excluding carboxylic acids is 1. The maximum Gasteiger partial charge on any atom is 0.220 e. The Labute approximate surface area is 187 Å². The van der Waals surface area contributed by atoms with Crippen LogP contribution in [-0.2, 0) is 17.8 Å². The number of nitrogens with one attached hydrogen (secondary N) is 1. The molecule has 1 aliphatic heterocycles. The van der Waals surface area contributed by atoms with Crippen molar-refractivity contribution in [3.63, 3.8) is 0 Å². The zero-order valence-electron chi connectivity index (χ0n) is 17.9. The molecule has 0 radical (unpaired) electrons. The zero-order valence-corrected chi connectivity index (χ0v) is 18.7. The van der Waals surface area contributed by atoms with Crippen LogP contribution in [0.5, 0.6) is 0 Å². The minimum Gasteiger partial charge on any atom is -0.355 e. The molecule has 1 N–H and O–H groups in total. The van der Waals surface area contributed by atoms with Gasteiger partial charge in [-0.15, -0.1) is 10.2 Å². The van der Waals surface area contributed by atoms with Crippen molar-refractivity contribution in [1.29, 1.82) is 0 Å². The summed E-state index contributed by atoms with van der Waals surface area (Å²) < 4.78 is 1.82. The average Bonchev–Trinajstić information content (AvgIpc) is 3.41. The first-order chi connectivity index (χ1) is 15.0. The van der Waals surface area contributed by atoms with E-state index >= 15 is 0 Å². The summed E-state index contributed by atoms with van der Waals surface area (Å²) in [5.74, 6) is 1.62. The largest absolute Gasteiger partial charge is 0.355 e. The molecule has 7 nitrogen and oxygen atoms in total. The van der Waals surface area contributed by atoms with Crippen LogP contribution in [-0.4, -0.2) is 39.0 Å². The van der Waals surface area contributed by atoms with E-state index in [-0.39, 0.29) is 5.91 Å². The zero-order chi connectivity index (χ0) is 21.8. The molecule has 4 rings (SSSR count). The topological polar surface area (TPSA) is 75.9 Å². The van der Waals surface area contributed by atoms with E-state index in [0.29, 0.717) is 30.2 Å². The molecular weight excluding hydrogens is 412 g/mol. The Morgan fingerprint density at radius 1 is 1.03 bits per heavy atom. The van der Waals surface area contributed by atoms with Crippen LogP contribution < -0.4 is 10.2 Å². The van der Waals surface area contributed by atoms with Crippen LogP contribution in [0.3, 0.4) is 0 Å². The first-order valence-corrected chi connectivity index (χ1v) is 11.0. The molecule has 162 valence electrons. The molecule has 8 heteroatoms. The molecule has 0 saturated carbocycles. The predicted molar refractivity (Wildman–Crippen MR) is 122 cm³/mol. The summed E-state index contributed by atoms with van der Waals surface area (Å²) in [7, 11) is 0. The van der Waals surface area contributed by atoms with Crippen LogP contribution >= 0.6 is 11.6 Å². The number of anilines is 1. The van der Waals surface area contributed by atoms with Gasteiger partial charge in [0.15, 0.2) is 11.6 Å². The lowest BCUT2D eigenvalue weighted by molar-refractivity contribution is -0.121. The number of aryl methyl sites for hydroxylation is 1. The standard InChI is InChI=1S/C23H27ClN6O/c1-16-20(9-12-23(31)25-15-18-5-7-19(24)8-6-18)17(2)30(28-16)22-11-10-21(26-27-22)29-13-3-4-14-29/h5-8,10-11H,3-4,9,12-15H2,1-2H3,(H,25,31). The van der Waals surface area contributed by atoms with Gasteiger partial charge in [-0.05, 0) is 68.5 Å². The van der Waals surface area contributed by atoms with Crippen LogP contribution in [0.25, 0.3) is 5.82 Å². The molecule has 31 heavy (non-hydrogen) atoms. The molecule has 2 aromatic heterocycles. The van der Waals surface area contributed by atoms with Gasteiger partial charge in [-0.2, -0.15) is 5.10 Å². The van der Waals surface area contributed by atoms with Crippen molar-refractivity contribution in [2.24, 2.45) is 0 Å². The molecule has 1 aromatic carbocycles. The Kier molecular flexibility index (Phi) is 6.51. The van der Waals surface area contributed by atoms with Crippen molar-refractivity contribution in [3.05, 3.63) is 63.9 Å². The van der Waals surface area contributed by atoms with E-state index in [1.165, 1.54) is 12.8 Å². The van der Waals surface area contributed by atoms with E-state index in [4.69, 9.17) is 11.6 Å². The van der Waals surface area contributed by atoms with Gasteiger partial charge in [-0.3, -0.25) is 4.79 Å². The Bertz CT molecular complexity index is 1040. The number of benzene rings is 1. The summed E-state index contributed by atoms with van der Waals surface area (Å²) in [6.07, 6.45) is 3.44. The van der Waals surface area contributed by atoms with Crippen LogP contribution in [0.4, 0.5) is 5.82 Å². The Balaban J connectivity index is 1.37. The lowest BCUT2D eigenvalue weighted by atomic mass is 10.1. The van der Waals surface area contributed by atoms with Crippen molar-refractivity contribution in [2.75, 3.05) is 18.0 Å². The summed E-state index contributed by atoms with van der Waals surface area (Å²) in [6.45, 7) is 6.55. The van der Waals surface area contributed by atoms with Gasteiger partial charge >= 0.3 is 0 Å². The lowest BCUT2D eigenvalue weighted by Crippen LogP contribution is -2.23. The van der Waals surface area contributed by atoms with E-state index < -0.39 is 0 Å². The van der Waals surface area contributed by atoms with Gasteiger partial charge in [0.1, 0.15) is 0 Å². The van der Waals surface area contributed by atoms with Crippen molar-refractivity contribution < 1.29 is 4.79 Å². The molecule has 3 heterocycles. The van der Waals surface area contributed by atoms with E-state index in [1.807, 2.05) is 54.9 Å². The number of amides is 1. The number of hydrogen-bond donors (Lipinski definition) is 1. The van der Waals surface area contributed by atoms with Gasteiger partial charge in [0.25, 0.3) is 0 Å². The molecular formula is C23H27ClN6O. The quantitative estimate of drug-likeness (QED) is 0.607. The molecule has 0 atom stereocenters. The van der Waals surface area contributed by atoms with Gasteiger partial charge in [-0.25, -0.2) is 4.68 Å². The van der Waals surface area contributed by atoms with Crippen LogP contribution in [0.2, 0.25) is 5.02 Å². The molecule has 1 amide bonds. The second-order valence-corrected chi connectivity index (χ2v) is 8.34. The van der Waals surface area contributed by atoms with Gasteiger partial charge in [0.05, 0.1) is 5.69 Å². The fourth-order valence-electron chi connectivity index (χ4n) is 3.94. The van der Waals surface area contributed by atoms with E-state index in [2.05, 4.69) is 25.5 Å². The number of aromatic nitrogens is 4. The smallest absolute Gasteiger partial charge is 0.220 e. The lowest BCUT2D eigenvalue weighted by Gasteiger charge is -2.15. The molecule has 1 saturated heterocycles. The van der Waals surface area contributed by atoms with E-state index in [9.17, 15) is 4.79 Å². The second kappa shape index (κ2) is 9.47. The fourth-order valence-corrected chi connectivity index (χ4v) is 4.06. The summed E-state index contributed by atoms with van der Waals surface area (Å²) in [5.41, 5.74) is 4.00. The third kappa shape index (κ3) is 5.05. The van der Waals surface area contributed by atoms with Crippen molar-refractivity contribution in [2.45, 2.75) is 46.1 Å². The number of carbonyl (C=O) groups is 1. The van der Waals surface area contributed by atoms with Crippen LogP contribution in [0.15, 0.2) is 36.4 Å². The highest BCUT2D eigenvalue weighted by atomic mass is 35.5. The Morgan fingerprint density at radius 3 is 2.39 bits per heavy atom. The Morgan fingerprint density at radius 2 is 1.71 bits per heavy atom. The minimum atomic E-state index is 0.0104. The van der Waals surface area contributed by atoms with Crippen molar-refractivity contribution >= 4 is 23.3 Å². The highest BCUT2D eigenvalue weighted by molar-refractivity contribution is 6.30. The minimum absolute atomic E-state index is 0.0104. The molecule has 1 aliphatic rings. The molecule has 0 bridgehead atoms. The SMILES string of the molecule is Cc1nn(-c2ccc(N3CCCC3)nn2)c(C)c1CCC(=O)NCc1ccc(Cl)cc1. The molecule has 3 aromatic rings. The van der Waals surface area contributed by atoms with Gasteiger partial charge in [0.2, 0.25) is 5.91 Å². The number of hydrogen-bond acceptors (Lipinski definition) is 5. The Hall–Kier alpha value is -2.93. The highest BCUT2D eigenvalue weighted by Crippen LogP contribution is 2.21. The molecule has 0 aliphatic carbocycles. The van der Waals surface area contributed by atoms with Gasteiger partial charge < -0.3 is 10.2 Å². The molecule has 1 fully saturated rings. The summed E-state index contributed by atoms with van der Waals surface area (Å²) in [5, 5.41) is 17.1. The third-order valence-corrected chi connectivity index (χ3v) is 5.98. The number of nitrogens with zero attached hydrogens (tertiary/aromatic N) is 5. The molecule has 0 unspecified atom stereocenters. The monoisotopic (exact) mass is 438 g/mol. The first-order valence-electron chi connectivity index (χ1n) is 10.7. The summed E-state index contributed by atoms with van der Waals surface area (Å²) in [4.78, 5) is 14.6. The summed E-state index contributed by atoms with van der Waals surface area (Å²) >= 11 is 5.90. The molecule has 0 spiro atoms. The van der Waals surface area contributed by atoms with Gasteiger partial charge in [-0.1, -0.05) is 23.7 Å². The van der Waals surface area contributed by atoms with Crippen molar-refractivity contribution in [3.8, 4) is 5.82 Å². The normalized spacial score (nSPS) is 13.6. The maximum atomic E-state index is 12.3. The number of rotatable bonds is 7. The van der Waals surface area contributed by atoms with E-state index in [1.54, 1.807) is 0 Å². The van der Waals surface area contributed by atoms with Crippen molar-refractivity contribution in [1.82, 2.24) is 25.3 Å². The third-order valence-electron chi connectivity index (χ3n) is 5.73. The van der Waals surface area contributed by atoms with Gasteiger partial charge in [0, 0.05) is 36.8 Å². The highest BCUT2D eigenvalue weighted by Gasteiger charge is 2.17. The fraction of sp³-hybridized carbons (Fsp3) is 0.391. The first kappa shape index (κ1) is 21.3. The van der Waals surface area contributed by atoms with Crippen LogP contribution in [0, 0.1) is 13.8 Å². The summed E-state index contributed by atoms with van der Waals surface area (Å²) in [6, 6.07) is 11.4. The van der Waals surface area contributed by atoms with Crippen LogP contribution in [0.1, 0.15) is 41.8 Å². The predicted octanol–water partition coefficient (Wildman–Crippen LogP) is 3.78. The second-order valence-electron chi connectivity index (χ2n) is 7.91. The van der Waals surface area contributed by atoms with E-state index in [0.717, 1.165) is 41.4 Å². The maximum absolute atomic E-state index is 12.3.